The van der Waals surface area contributed by atoms with E-state index < -0.39 is 0 Å². The Bertz CT molecular complexity index is 245. The van der Waals surface area contributed by atoms with Crippen molar-refractivity contribution in [1.82, 2.24) is 0 Å². The molecule has 0 aromatic heterocycles. The van der Waals surface area contributed by atoms with Crippen molar-refractivity contribution < 1.29 is 0 Å². The van der Waals surface area contributed by atoms with Gasteiger partial charge in [0.1, 0.15) is 0 Å². The molecule has 60 valence electrons. The second-order valence-corrected chi connectivity index (χ2v) is 5.41. The molecule has 0 bridgehead atoms. The lowest BCUT2D eigenvalue weighted by molar-refractivity contribution is 1.32. The molecule has 0 aliphatic carbocycles. The maximum atomic E-state index is 2.39. The van der Waals surface area contributed by atoms with Gasteiger partial charge in [0.25, 0.3) is 0 Å². The average molecular weight is 484 g/mol. The summed E-state index contributed by atoms with van der Waals surface area (Å²) in [5, 5.41) is 0. The first-order chi connectivity index (χ1) is 5.15. The van der Waals surface area contributed by atoms with Crippen LogP contribution in [-0.4, -0.2) is 0 Å². The van der Waals surface area contributed by atoms with Gasteiger partial charge < -0.3 is 0 Å². The van der Waals surface area contributed by atoms with Gasteiger partial charge in [0.15, 0.2) is 0 Å². The Labute approximate surface area is 108 Å². The van der Waals surface area contributed by atoms with E-state index in [2.05, 4.69) is 86.8 Å². The number of benzene rings is 1. The van der Waals surface area contributed by atoms with Crippen molar-refractivity contribution in [2.24, 2.45) is 0 Å². The van der Waals surface area contributed by atoms with Crippen LogP contribution in [0.4, 0.5) is 0 Å². The van der Waals surface area contributed by atoms with E-state index in [1.807, 2.05) is 0 Å². The standard InChI is InChI=1S/C8H7I3/c1-5-7(10)2-6(4-9)3-8(5)11/h2-3H,4H2,1H3. The summed E-state index contributed by atoms with van der Waals surface area (Å²) in [7, 11) is 0. The molecule has 0 aliphatic heterocycles. The van der Waals surface area contributed by atoms with E-state index in [1.54, 1.807) is 0 Å². The van der Waals surface area contributed by atoms with Crippen LogP contribution in [0.5, 0.6) is 0 Å². The highest BCUT2D eigenvalue weighted by atomic mass is 127. The third-order valence-corrected chi connectivity index (χ3v) is 4.62. The molecule has 0 unspecified atom stereocenters. The third-order valence-electron chi connectivity index (χ3n) is 1.50. The minimum Gasteiger partial charge on any atom is -0.0812 e. The predicted octanol–water partition coefficient (Wildman–Crippen LogP) is 4.14. The first kappa shape index (κ1) is 10.5. The molecule has 0 N–H and O–H groups in total. The molecule has 0 saturated carbocycles. The number of hydrogen-bond acceptors (Lipinski definition) is 0. The Morgan fingerprint density at radius 3 is 2.00 bits per heavy atom. The molecule has 0 fully saturated rings. The van der Waals surface area contributed by atoms with E-state index in [1.165, 1.54) is 18.3 Å². The molecular weight excluding hydrogens is 477 g/mol. The summed E-state index contributed by atoms with van der Waals surface area (Å²) in [5.41, 5.74) is 2.82. The molecule has 0 saturated heterocycles. The Kier molecular flexibility index (Phi) is 4.38. The molecule has 0 radical (unpaired) electrons. The SMILES string of the molecule is Cc1c(I)cc(CI)cc1I. The van der Waals surface area contributed by atoms with E-state index in [0.717, 1.165) is 4.43 Å². The molecule has 0 nitrogen and oxygen atoms in total. The summed E-state index contributed by atoms with van der Waals surface area (Å²) in [6.45, 7) is 2.17. The van der Waals surface area contributed by atoms with Gasteiger partial charge in [-0.05, 0) is 75.4 Å². The van der Waals surface area contributed by atoms with Crippen molar-refractivity contribution in [3.8, 4) is 0 Å². The van der Waals surface area contributed by atoms with E-state index >= 15 is 0 Å². The second kappa shape index (κ2) is 4.59. The van der Waals surface area contributed by atoms with Crippen LogP contribution in [0.25, 0.3) is 0 Å². The van der Waals surface area contributed by atoms with Crippen LogP contribution < -0.4 is 0 Å². The van der Waals surface area contributed by atoms with Crippen molar-refractivity contribution in [3.05, 3.63) is 30.4 Å². The van der Waals surface area contributed by atoms with Crippen molar-refractivity contribution in [3.63, 3.8) is 0 Å². The average Bonchev–Trinajstić information content (AvgIpc) is 1.99. The Hall–Kier alpha value is 1.41. The van der Waals surface area contributed by atoms with Crippen LogP contribution >= 0.6 is 67.8 Å². The number of alkyl halides is 1. The Morgan fingerprint density at radius 1 is 1.18 bits per heavy atom. The fourth-order valence-electron chi connectivity index (χ4n) is 0.775. The maximum Gasteiger partial charge on any atom is 0.0247 e. The summed E-state index contributed by atoms with van der Waals surface area (Å²) >= 11 is 7.17. The Balaban J connectivity index is 3.21. The minimum atomic E-state index is 1.10. The van der Waals surface area contributed by atoms with Crippen molar-refractivity contribution >= 4 is 67.8 Å². The molecule has 0 atom stereocenters. The third kappa shape index (κ3) is 2.68. The highest BCUT2D eigenvalue weighted by Gasteiger charge is 2.01. The summed E-state index contributed by atoms with van der Waals surface area (Å²) in [5.74, 6) is 0. The maximum absolute atomic E-state index is 2.39. The van der Waals surface area contributed by atoms with E-state index in [4.69, 9.17) is 0 Å². The number of hydrogen-bond donors (Lipinski definition) is 0. The highest BCUT2D eigenvalue weighted by Crippen LogP contribution is 2.21. The second-order valence-electron chi connectivity index (χ2n) is 2.32. The van der Waals surface area contributed by atoms with E-state index in [9.17, 15) is 0 Å². The minimum absolute atomic E-state index is 1.10. The van der Waals surface area contributed by atoms with Crippen LogP contribution in [0.3, 0.4) is 0 Å². The lowest BCUT2D eigenvalue weighted by atomic mass is 10.2. The molecule has 3 heteroatoms. The van der Waals surface area contributed by atoms with Gasteiger partial charge in [-0.25, -0.2) is 0 Å². The predicted molar refractivity (Wildman–Crippen MR) is 74.3 cm³/mol. The zero-order valence-corrected chi connectivity index (χ0v) is 12.5. The van der Waals surface area contributed by atoms with Crippen LogP contribution in [0.15, 0.2) is 12.1 Å². The highest BCUT2D eigenvalue weighted by molar-refractivity contribution is 14.1. The zero-order chi connectivity index (χ0) is 8.43. The molecule has 0 aliphatic rings. The van der Waals surface area contributed by atoms with E-state index in [0.29, 0.717) is 0 Å². The number of halogens is 3. The molecule has 1 rings (SSSR count). The summed E-state index contributed by atoms with van der Waals surface area (Å²) in [6.07, 6.45) is 0. The van der Waals surface area contributed by atoms with Gasteiger partial charge in [0.05, 0.1) is 0 Å². The van der Waals surface area contributed by atoms with E-state index in [-0.39, 0.29) is 0 Å². The van der Waals surface area contributed by atoms with Crippen LogP contribution in [-0.2, 0) is 4.43 Å². The first-order valence-corrected chi connectivity index (χ1v) is 6.84. The fraction of sp³-hybridized carbons (Fsp3) is 0.250. The lowest BCUT2D eigenvalue weighted by Gasteiger charge is -2.03. The summed E-state index contributed by atoms with van der Waals surface area (Å²) in [6, 6.07) is 4.51. The van der Waals surface area contributed by atoms with Crippen molar-refractivity contribution in [2.75, 3.05) is 0 Å². The molecule has 1 aromatic carbocycles. The number of rotatable bonds is 1. The molecule has 11 heavy (non-hydrogen) atoms. The molecule has 0 spiro atoms. The van der Waals surface area contributed by atoms with Crippen LogP contribution in [0.2, 0.25) is 0 Å². The lowest BCUT2D eigenvalue weighted by Crippen LogP contribution is -1.88. The summed E-state index contributed by atoms with van der Waals surface area (Å²) < 4.78 is 3.85. The Morgan fingerprint density at radius 2 is 1.64 bits per heavy atom. The van der Waals surface area contributed by atoms with Gasteiger partial charge >= 0.3 is 0 Å². The summed E-state index contributed by atoms with van der Waals surface area (Å²) in [4.78, 5) is 0. The molecular formula is C8H7I3. The van der Waals surface area contributed by atoms with Crippen LogP contribution in [0, 0.1) is 14.1 Å². The quantitative estimate of drug-likeness (QED) is 0.416. The van der Waals surface area contributed by atoms with Crippen molar-refractivity contribution in [2.45, 2.75) is 11.4 Å². The topological polar surface area (TPSA) is 0 Å². The van der Waals surface area contributed by atoms with Gasteiger partial charge in [-0.3, -0.25) is 0 Å². The largest absolute Gasteiger partial charge is 0.0812 e. The van der Waals surface area contributed by atoms with Gasteiger partial charge in [-0.2, -0.15) is 0 Å². The van der Waals surface area contributed by atoms with Gasteiger partial charge in [-0.1, -0.05) is 22.6 Å². The normalized spacial score (nSPS) is 10.2. The molecule has 0 amide bonds. The van der Waals surface area contributed by atoms with Crippen LogP contribution in [0.1, 0.15) is 11.1 Å². The van der Waals surface area contributed by atoms with Crippen molar-refractivity contribution in [1.29, 1.82) is 0 Å². The molecule has 0 heterocycles. The van der Waals surface area contributed by atoms with Gasteiger partial charge in [0.2, 0.25) is 0 Å². The monoisotopic (exact) mass is 484 g/mol. The fourth-order valence-corrected chi connectivity index (χ4v) is 3.11. The zero-order valence-electron chi connectivity index (χ0n) is 6.00. The van der Waals surface area contributed by atoms with Gasteiger partial charge in [-0.15, -0.1) is 0 Å². The molecule has 1 aromatic rings. The smallest absolute Gasteiger partial charge is 0.0247 e. The first-order valence-electron chi connectivity index (χ1n) is 3.15. The van der Waals surface area contributed by atoms with Gasteiger partial charge in [0, 0.05) is 11.6 Å².